The molecule has 0 aromatic carbocycles. The molecule has 0 aromatic heterocycles. The largest absolute Gasteiger partial charge is 0.353 e. The number of rotatable bonds is 4. The van der Waals surface area contributed by atoms with E-state index in [9.17, 15) is 9.59 Å². The number of amides is 2. The van der Waals surface area contributed by atoms with Crippen molar-refractivity contribution in [2.24, 2.45) is 11.8 Å². The zero-order valence-electron chi connectivity index (χ0n) is 13.1. The molecule has 2 heterocycles. The van der Waals surface area contributed by atoms with Crippen LogP contribution < -0.4 is 10.6 Å². The van der Waals surface area contributed by atoms with Crippen molar-refractivity contribution in [3.8, 4) is 0 Å². The van der Waals surface area contributed by atoms with E-state index < -0.39 is 0 Å². The molecule has 6 heteroatoms. The van der Waals surface area contributed by atoms with Crippen molar-refractivity contribution in [2.45, 2.75) is 45.6 Å². The third-order valence-electron chi connectivity index (χ3n) is 4.72. The summed E-state index contributed by atoms with van der Waals surface area (Å²) in [6, 6.07) is -0.267. The van der Waals surface area contributed by atoms with Gasteiger partial charge in [-0.15, -0.1) is 12.4 Å². The molecular formula is C15H28ClN3O2. The van der Waals surface area contributed by atoms with Crippen molar-refractivity contribution in [1.82, 2.24) is 15.5 Å². The third-order valence-corrected chi connectivity index (χ3v) is 4.72. The lowest BCUT2D eigenvalue weighted by Crippen LogP contribution is -2.57. The van der Waals surface area contributed by atoms with Crippen LogP contribution in [0.2, 0.25) is 0 Å². The standard InChI is InChI=1S/C15H27N3O2.ClH/c1-3-13-15(20)17-8-9-18(13)14(19)10-11(2)12-4-6-16-7-5-12;/h11-13,16H,3-10H2,1-2H3,(H,17,20);1H. The van der Waals surface area contributed by atoms with Gasteiger partial charge in [0.15, 0.2) is 0 Å². The Morgan fingerprint density at radius 1 is 1.33 bits per heavy atom. The molecule has 2 fully saturated rings. The number of halogens is 1. The second-order valence-corrected chi connectivity index (χ2v) is 6.07. The van der Waals surface area contributed by atoms with Gasteiger partial charge in [-0.05, 0) is 44.2 Å². The average Bonchev–Trinajstić information content (AvgIpc) is 2.47. The minimum Gasteiger partial charge on any atom is -0.353 e. The lowest BCUT2D eigenvalue weighted by molar-refractivity contribution is -0.144. The van der Waals surface area contributed by atoms with Crippen LogP contribution in [0.4, 0.5) is 0 Å². The highest BCUT2D eigenvalue weighted by Gasteiger charge is 2.33. The molecule has 0 saturated carbocycles. The molecule has 2 atom stereocenters. The first-order valence-corrected chi connectivity index (χ1v) is 7.91. The van der Waals surface area contributed by atoms with E-state index in [4.69, 9.17) is 0 Å². The number of carbonyl (C=O) groups is 2. The number of nitrogens with zero attached hydrogens (tertiary/aromatic N) is 1. The first kappa shape index (κ1) is 18.2. The van der Waals surface area contributed by atoms with Crippen LogP contribution in [0.1, 0.15) is 39.5 Å². The average molecular weight is 318 g/mol. The van der Waals surface area contributed by atoms with E-state index >= 15 is 0 Å². The van der Waals surface area contributed by atoms with Crippen molar-refractivity contribution < 1.29 is 9.59 Å². The number of piperidine rings is 1. The summed E-state index contributed by atoms with van der Waals surface area (Å²) >= 11 is 0. The highest BCUT2D eigenvalue weighted by Crippen LogP contribution is 2.25. The van der Waals surface area contributed by atoms with Gasteiger partial charge in [0.25, 0.3) is 0 Å². The van der Waals surface area contributed by atoms with E-state index in [1.54, 1.807) is 4.90 Å². The van der Waals surface area contributed by atoms with Gasteiger partial charge in [0.2, 0.25) is 11.8 Å². The Morgan fingerprint density at radius 3 is 2.62 bits per heavy atom. The molecule has 21 heavy (non-hydrogen) atoms. The molecule has 5 nitrogen and oxygen atoms in total. The lowest BCUT2D eigenvalue weighted by atomic mass is 9.83. The first-order valence-electron chi connectivity index (χ1n) is 7.91. The van der Waals surface area contributed by atoms with Crippen molar-refractivity contribution in [3.63, 3.8) is 0 Å². The van der Waals surface area contributed by atoms with Crippen LogP contribution in [0.5, 0.6) is 0 Å². The predicted octanol–water partition coefficient (Wildman–Crippen LogP) is 1.17. The molecule has 0 bridgehead atoms. The monoisotopic (exact) mass is 317 g/mol. The van der Waals surface area contributed by atoms with Crippen LogP contribution in [-0.4, -0.2) is 48.9 Å². The Labute approximate surface area is 133 Å². The summed E-state index contributed by atoms with van der Waals surface area (Å²) in [7, 11) is 0. The quantitative estimate of drug-likeness (QED) is 0.818. The number of hydrogen-bond acceptors (Lipinski definition) is 3. The smallest absolute Gasteiger partial charge is 0.242 e. The molecule has 0 aromatic rings. The Bertz CT molecular complexity index is 359. The Balaban J connectivity index is 0.00000220. The number of hydrogen-bond donors (Lipinski definition) is 2. The van der Waals surface area contributed by atoms with E-state index in [2.05, 4.69) is 17.6 Å². The molecular weight excluding hydrogens is 290 g/mol. The van der Waals surface area contributed by atoms with Crippen molar-refractivity contribution in [2.75, 3.05) is 26.2 Å². The summed E-state index contributed by atoms with van der Waals surface area (Å²) in [6.07, 6.45) is 3.59. The summed E-state index contributed by atoms with van der Waals surface area (Å²) in [5.74, 6) is 1.20. The maximum absolute atomic E-state index is 12.5. The maximum Gasteiger partial charge on any atom is 0.242 e. The topological polar surface area (TPSA) is 61.4 Å². The SMILES string of the molecule is CCC1C(=O)NCCN1C(=O)CC(C)C1CCNCC1.Cl. The molecule has 122 valence electrons. The minimum absolute atomic E-state index is 0. The number of nitrogens with one attached hydrogen (secondary N) is 2. The fourth-order valence-electron chi connectivity index (χ4n) is 3.39. The second-order valence-electron chi connectivity index (χ2n) is 6.07. The fourth-order valence-corrected chi connectivity index (χ4v) is 3.39. The zero-order chi connectivity index (χ0) is 14.5. The molecule has 2 aliphatic rings. The van der Waals surface area contributed by atoms with Gasteiger partial charge in [0.1, 0.15) is 6.04 Å². The Hall–Kier alpha value is -0.810. The zero-order valence-corrected chi connectivity index (χ0v) is 13.9. The van der Waals surface area contributed by atoms with E-state index in [-0.39, 0.29) is 30.3 Å². The Kier molecular flexibility index (Phi) is 7.46. The molecule has 0 radical (unpaired) electrons. The van der Waals surface area contributed by atoms with Crippen molar-refractivity contribution in [1.29, 1.82) is 0 Å². The highest BCUT2D eigenvalue weighted by atomic mass is 35.5. The number of carbonyl (C=O) groups excluding carboxylic acids is 2. The number of piperazine rings is 1. The van der Waals surface area contributed by atoms with Gasteiger partial charge in [-0.1, -0.05) is 13.8 Å². The van der Waals surface area contributed by atoms with Gasteiger partial charge in [-0.25, -0.2) is 0 Å². The minimum atomic E-state index is -0.267. The molecule has 2 unspecified atom stereocenters. The van der Waals surface area contributed by atoms with Gasteiger partial charge in [0, 0.05) is 19.5 Å². The first-order chi connectivity index (χ1) is 9.63. The predicted molar refractivity (Wildman–Crippen MR) is 85.4 cm³/mol. The van der Waals surface area contributed by atoms with Crippen LogP contribution in [0.3, 0.4) is 0 Å². The summed E-state index contributed by atoms with van der Waals surface area (Å²) in [6.45, 7) is 7.51. The van der Waals surface area contributed by atoms with E-state index in [1.165, 1.54) is 0 Å². The molecule has 0 aliphatic carbocycles. The maximum atomic E-state index is 12.5. The molecule has 2 rings (SSSR count). The van der Waals surface area contributed by atoms with Crippen molar-refractivity contribution in [3.05, 3.63) is 0 Å². The molecule has 2 N–H and O–H groups in total. The molecule has 2 saturated heterocycles. The van der Waals surface area contributed by atoms with Crippen LogP contribution in [0.25, 0.3) is 0 Å². The van der Waals surface area contributed by atoms with E-state index in [0.29, 0.717) is 37.8 Å². The van der Waals surface area contributed by atoms with Crippen LogP contribution >= 0.6 is 12.4 Å². The molecule has 2 aliphatic heterocycles. The van der Waals surface area contributed by atoms with E-state index in [0.717, 1.165) is 25.9 Å². The summed E-state index contributed by atoms with van der Waals surface area (Å²) in [5, 5.41) is 6.20. The van der Waals surface area contributed by atoms with Gasteiger partial charge < -0.3 is 15.5 Å². The third kappa shape index (κ3) is 4.58. The van der Waals surface area contributed by atoms with Gasteiger partial charge in [-0.3, -0.25) is 9.59 Å². The van der Waals surface area contributed by atoms with Crippen LogP contribution in [0, 0.1) is 11.8 Å². The van der Waals surface area contributed by atoms with Crippen molar-refractivity contribution >= 4 is 24.2 Å². The second kappa shape index (κ2) is 8.59. The lowest BCUT2D eigenvalue weighted by Gasteiger charge is -2.36. The Morgan fingerprint density at radius 2 is 2.00 bits per heavy atom. The normalized spacial score (nSPS) is 25.0. The summed E-state index contributed by atoms with van der Waals surface area (Å²) in [4.78, 5) is 26.1. The fraction of sp³-hybridized carbons (Fsp3) is 0.867. The molecule has 2 amide bonds. The summed E-state index contributed by atoms with van der Waals surface area (Å²) < 4.78 is 0. The summed E-state index contributed by atoms with van der Waals surface area (Å²) in [5.41, 5.74) is 0. The van der Waals surface area contributed by atoms with Gasteiger partial charge >= 0.3 is 0 Å². The molecule has 0 spiro atoms. The van der Waals surface area contributed by atoms with Gasteiger partial charge in [-0.2, -0.15) is 0 Å². The van der Waals surface area contributed by atoms with Crippen LogP contribution in [-0.2, 0) is 9.59 Å². The van der Waals surface area contributed by atoms with E-state index in [1.807, 2.05) is 6.92 Å². The highest BCUT2D eigenvalue weighted by molar-refractivity contribution is 5.88. The van der Waals surface area contributed by atoms with Gasteiger partial charge in [0.05, 0.1) is 0 Å². The van der Waals surface area contributed by atoms with Crippen LogP contribution in [0.15, 0.2) is 0 Å².